The average molecular weight is 203 g/mol. The molecule has 0 heterocycles. The van der Waals surface area contributed by atoms with Crippen LogP contribution < -0.4 is 5.32 Å². The molecule has 1 saturated carbocycles. The van der Waals surface area contributed by atoms with E-state index in [-0.39, 0.29) is 11.8 Å². The van der Waals surface area contributed by atoms with Crippen molar-refractivity contribution in [3.8, 4) is 0 Å². The molecule has 0 radical (unpaired) electrons. The summed E-state index contributed by atoms with van der Waals surface area (Å²) in [5.74, 6) is -1.11. The monoisotopic (exact) mass is 203 g/mol. The molecule has 82 valence electrons. The molecule has 1 aliphatic rings. The smallest absolute Gasteiger partial charge is 0.225 e. The van der Waals surface area contributed by atoms with Crippen LogP contribution in [0.4, 0.5) is 0 Å². The van der Waals surface area contributed by atoms with Gasteiger partial charge in [-0.05, 0) is 12.3 Å². The Morgan fingerprint density at radius 2 is 1.79 bits per heavy atom. The summed E-state index contributed by atoms with van der Waals surface area (Å²) in [6, 6.07) is 0. The third kappa shape index (κ3) is 1.89. The zero-order chi connectivity index (χ0) is 10.9. The molecule has 0 bridgehead atoms. The molecule has 0 unspecified atom stereocenters. The molecule has 14 heavy (non-hydrogen) atoms. The van der Waals surface area contributed by atoms with Crippen LogP contribution >= 0.6 is 0 Å². The van der Waals surface area contributed by atoms with Gasteiger partial charge in [0.1, 0.15) is 6.10 Å². The summed E-state index contributed by atoms with van der Waals surface area (Å²) in [6.07, 6.45) is -2.98. The zero-order valence-corrected chi connectivity index (χ0v) is 8.34. The highest BCUT2D eigenvalue weighted by Gasteiger charge is 2.43. The standard InChI is InChI=1S/C9H17NO4/c1-4-3-5(9(14)10-2)7(12)8(13)6(4)11/h4-8,11-13H,3H2,1-2H3,(H,10,14)/t4-,5+,6-,7-,8+/m0/s1. The van der Waals surface area contributed by atoms with Crippen LogP contribution in [0, 0.1) is 11.8 Å². The van der Waals surface area contributed by atoms with Crippen molar-refractivity contribution >= 4 is 5.91 Å². The van der Waals surface area contributed by atoms with Gasteiger partial charge in [-0.1, -0.05) is 6.92 Å². The highest BCUT2D eigenvalue weighted by molar-refractivity contribution is 5.79. The lowest BCUT2D eigenvalue weighted by Crippen LogP contribution is -2.54. The minimum Gasteiger partial charge on any atom is -0.390 e. The lowest BCUT2D eigenvalue weighted by Gasteiger charge is -2.38. The summed E-state index contributed by atoms with van der Waals surface area (Å²) in [4.78, 5) is 11.3. The predicted octanol–water partition coefficient (Wildman–Crippen LogP) is -1.53. The van der Waals surface area contributed by atoms with Gasteiger partial charge in [0, 0.05) is 7.05 Å². The summed E-state index contributed by atoms with van der Waals surface area (Å²) in [5, 5.41) is 30.9. The Kier molecular flexibility index (Phi) is 3.47. The van der Waals surface area contributed by atoms with E-state index in [1.54, 1.807) is 6.92 Å². The summed E-state index contributed by atoms with van der Waals surface area (Å²) < 4.78 is 0. The molecule has 5 heteroatoms. The van der Waals surface area contributed by atoms with E-state index in [0.29, 0.717) is 6.42 Å². The van der Waals surface area contributed by atoms with Gasteiger partial charge in [0.25, 0.3) is 0 Å². The minimum atomic E-state index is -1.24. The van der Waals surface area contributed by atoms with Gasteiger partial charge in [-0.15, -0.1) is 0 Å². The quantitative estimate of drug-likeness (QED) is 0.416. The number of nitrogens with one attached hydrogen (secondary N) is 1. The van der Waals surface area contributed by atoms with Crippen LogP contribution in [0.5, 0.6) is 0 Å². The number of hydrogen-bond donors (Lipinski definition) is 4. The Bertz CT molecular complexity index is 221. The molecular formula is C9H17NO4. The molecule has 5 atom stereocenters. The van der Waals surface area contributed by atoms with Crippen molar-refractivity contribution in [1.82, 2.24) is 5.32 Å². The lowest BCUT2D eigenvalue weighted by atomic mass is 9.76. The fourth-order valence-electron chi connectivity index (χ4n) is 1.90. The van der Waals surface area contributed by atoms with Gasteiger partial charge in [0.15, 0.2) is 0 Å². The van der Waals surface area contributed by atoms with E-state index in [4.69, 9.17) is 0 Å². The van der Waals surface area contributed by atoms with Crippen molar-refractivity contribution in [2.75, 3.05) is 7.05 Å². The maximum Gasteiger partial charge on any atom is 0.225 e. The van der Waals surface area contributed by atoms with Crippen molar-refractivity contribution in [2.45, 2.75) is 31.7 Å². The maximum absolute atomic E-state index is 11.3. The molecule has 0 saturated heterocycles. The van der Waals surface area contributed by atoms with Gasteiger partial charge in [0.2, 0.25) is 5.91 Å². The van der Waals surface area contributed by atoms with Gasteiger partial charge in [-0.25, -0.2) is 0 Å². The predicted molar refractivity (Wildman–Crippen MR) is 49.4 cm³/mol. The first-order valence-electron chi connectivity index (χ1n) is 4.74. The molecule has 4 N–H and O–H groups in total. The van der Waals surface area contributed by atoms with Crippen molar-refractivity contribution < 1.29 is 20.1 Å². The molecule has 1 amide bonds. The number of rotatable bonds is 1. The summed E-state index contributed by atoms with van der Waals surface area (Å²) in [5.41, 5.74) is 0. The molecule has 5 nitrogen and oxygen atoms in total. The Balaban J connectivity index is 2.75. The topological polar surface area (TPSA) is 89.8 Å². The molecule has 0 spiro atoms. The largest absolute Gasteiger partial charge is 0.390 e. The van der Waals surface area contributed by atoms with Crippen LogP contribution in [0.1, 0.15) is 13.3 Å². The van der Waals surface area contributed by atoms with Crippen LogP contribution in [-0.2, 0) is 4.79 Å². The summed E-state index contributed by atoms with van der Waals surface area (Å²) in [7, 11) is 1.48. The third-order valence-corrected chi connectivity index (χ3v) is 2.90. The van der Waals surface area contributed by atoms with Crippen molar-refractivity contribution in [1.29, 1.82) is 0 Å². The Labute approximate surface area is 82.7 Å². The molecule has 0 aliphatic heterocycles. The van der Waals surface area contributed by atoms with E-state index in [1.165, 1.54) is 7.05 Å². The van der Waals surface area contributed by atoms with Gasteiger partial charge in [-0.3, -0.25) is 4.79 Å². The second kappa shape index (κ2) is 4.25. The highest BCUT2D eigenvalue weighted by Crippen LogP contribution is 2.29. The van der Waals surface area contributed by atoms with Crippen molar-refractivity contribution in [3.05, 3.63) is 0 Å². The van der Waals surface area contributed by atoms with E-state index < -0.39 is 24.2 Å². The van der Waals surface area contributed by atoms with Crippen LogP contribution in [0.15, 0.2) is 0 Å². The maximum atomic E-state index is 11.3. The number of aliphatic hydroxyl groups excluding tert-OH is 3. The molecule has 0 aromatic rings. The number of carbonyl (C=O) groups excluding carboxylic acids is 1. The molecule has 0 aromatic carbocycles. The first-order chi connectivity index (χ1) is 6.49. The Morgan fingerprint density at radius 3 is 2.29 bits per heavy atom. The summed E-state index contributed by atoms with van der Waals surface area (Å²) in [6.45, 7) is 1.75. The second-order valence-electron chi connectivity index (χ2n) is 3.91. The van der Waals surface area contributed by atoms with Crippen LogP contribution in [-0.4, -0.2) is 46.6 Å². The normalized spacial score (nSPS) is 43.4. The first kappa shape index (κ1) is 11.4. The van der Waals surface area contributed by atoms with Gasteiger partial charge in [0.05, 0.1) is 18.1 Å². The van der Waals surface area contributed by atoms with Crippen LogP contribution in [0.25, 0.3) is 0 Å². The van der Waals surface area contributed by atoms with Crippen molar-refractivity contribution in [3.63, 3.8) is 0 Å². The van der Waals surface area contributed by atoms with E-state index in [9.17, 15) is 20.1 Å². The fourth-order valence-corrected chi connectivity index (χ4v) is 1.90. The Hall–Kier alpha value is -0.650. The first-order valence-corrected chi connectivity index (χ1v) is 4.74. The van der Waals surface area contributed by atoms with Gasteiger partial charge in [-0.2, -0.15) is 0 Å². The zero-order valence-electron chi connectivity index (χ0n) is 8.34. The van der Waals surface area contributed by atoms with Crippen LogP contribution in [0.3, 0.4) is 0 Å². The van der Waals surface area contributed by atoms with Crippen molar-refractivity contribution in [2.24, 2.45) is 11.8 Å². The van der Waals surface area contributed by atoms with Gasteiger partial charge < -0.3 is 20.6 Å². The van der Waals surface area contributed by atoms with E-state index in [1.807, 2.05) is 0 Å². The van der Waals surface area contributed by atoms with E-state index in [0.717, 1.165) is 0 Å². The number of amides is 1. The fraction of sp³-hybridized carbons (Fsp3) is 0.889. The summed E-state index contributed by atoms with van der Waals surface area (Å²) >= 11 is 0. The lowest BCUT2D eigenvalue weighted by molar-refractivity contribution is -0.153. The SMILES string of the molecule is CNC(=O)[C@@H]1C[C@H](C)[C@H](O)[C@@H](O)[C@H]1O. The highest BCUT2D eigenvalue weighted by atomic mass is 16.4. The minimum absolute atomic E-state index is 0.185. The molecule has 0 aromatic heterocycles. The van der Waals surface area contributed by atoms with E-state index >= 15 is 0 Å². The Morgan fingerprint density at radius 1 is 1.21 bits per heavy atom. The number of carbonyl (C=O) groups is 1. The second-order valence-corrected chi connectivity index (χ2v) is 3.91. The molecule has 1 fully saturated rings. The number of aliphatic hydroxyl groups is 3. The number of hydrogen-bond acceptors (Lipinski definition) is 4. The average Bonchev–Trinajstić information content (AvgIpc) is 2.19. The third-order valence-electron chi connectivity index (χ3n) is 2.90. The van der Waals surface area contributed by atoms with Crippen LogP contribution in [0.2, 0.25) is 0 Å². The molecular weight excluding hydrogens is 186 g/mol. The van der Waals surface area contributed by atoms with E-state index in [2.05, 4.69) is 5.32 Å². The molecule has 1 rings (SSSR count). The van der Waals surface area contributed by atoms with Gasteiger partial charge >= 0.3 is 0 Å². The molecule has 1 aliphatic carbocycles.